The second kappa shape index (κ2) is 14.6. The molecule has 1 aliphatic heterocycles. The molecule has 1 aromatic heterocycles. The van der Waals surface area contributed by atoms with E-state index in [9.17, 15) is 32.4 Å². The van der Waals surface area contributed by atoms with Crippen LogP contribution < -0.4 is 4.31 Å². The Morgan fingerprint density at radius 3 is 1.88 bits per heavy atom. The van der Waals surface area contributed by atoms with Gasteiger partial charge in [0.1, 0.15) is 29.9 Å². The molecule has 1 saturated heterocycles. The third-order valence-corrected chi connectivity index (χ3v) is 9.32. The highest BCUT2D eigenvalue weighted by Gasteiger charge is 2.36. The van der Waals surface area contributed by atoms with Crippen LogP contribution in [0.1, 0.15) is 72.7 Å². The van der Waals surface area contributed by atoms with Crippen molar-refractivity contribution in [2.45, 2.75) is 84.0 Å². The van der Waals surface area contributed by atoms with E-state index in [1.165, 1.54) is 47.5 Å². The summed E-state index contributed by atoms with van der Waals surface area (Å²) in [5.74, 6) is -2.17. The molecule has 282 valence electrons. The largest absolute Gasteiger partial charge is 0.459 e. The zero-order valence-corrected chi connectivity index (χ0v) is 32.7. The Balaban J connectivity index is 1.82. The molecule has 3 amide bonds. The zero-order valence-electron chi connectivity index (χ0n) is 30.4. The number of fused-ring (bicyclic) bond motifs is 1. The molecule has 0 N–H and O–H groups in total. The number of halogens is 2. The van der Waals surface area contributed by atoms with Gasteiger partial charge < -0.3 is 19.1 Å². The van der Waals surface area contributed by atoms with Gasteiger partial charge in [0.2, 0.25) is 0 Å². The number of amides is 3. The van der Waals surface area contributed by atoms with E-state index in [0.717, 1.165) is 13.8 Å². The average Bonchev–Trinajstić information content (AvgIpc) is 3.35. The van der Waals surface area contributed by atoms with Crippen LogP contribution in [0.5, 0.6) is 0 Å². The number of ether oxygens (including phenoxy) is 3. The Morgan fingerprint density at radius 1 is 0.788 bits per heavy atom. The molecule has 0 spiro atoms. The molecule has 0 saturated carbocycles. The van der Waals surface area contributed by atoms with Gasteiger partial charge in [-0.3, -0.25) is 23.3 Å². The highest BCUT2D eigenvalue weighted by Crippen LogP contribution is 2.33. The number of carbonyl (C=O) groups is 5. The highest BCUT2D eigenvalue weighted by molar-refractivity contribution is 7.92. The van der Waals surface area contributed by atoms with Crippen molar-refractivity contribution < 1.29 is 46.6 Å². The summed E-state index contributed by atoms with van der Waals surface area (Å²) in [7, 11) is -4.55. The maximum absolute atomic E-state index is 14.2. The van der Waals surface area contributed by atoms with Crippen LogP contribution in [-0.4, -0.2) is 95.7 Å². The summed E-state index contributed by atoms with van der Waals surface area (Å²) in [5, 5.41) is 0.277. The summed E-state index contributed by atoms with van der Waals surface area (Å²) in [5.41, 5.74) is -2.77. The van der Waals surface area contributed by atoms with Crippen molar-refractivity contribution in [3.8, 4) is 0 Å². The lowest BCUT2D eigenvalue weighted by atomic mass is 10.1. The quantitative estimate of drug-likeness (QED) is 0.200. The van der Waals surface area contributed by atoms with Gasteiger partial charge in [0, 0.05) is 34.7 Å². The first-order chi connectivity index (χ1) is 23.8. The number of aromatic nitrogens is 1. The van der Waals surface area contributed by atoms with Gasteiger partial charge in [-0.25, -0.2) is 22.9 Å². The molecule has 14 nitrogen and oxygen atoms in total. The third-order valence-electron chi connectivity index (χ3n) is 7.14. The molecule has 0 bridgehead atoms. The van der Waals surface area contributed by atoms with Crippen molar-refractivity contribution in [2.24, 2.45) is 0 Å². The lowest BCUT2D eigenvalue weighted by Crippen LogP contribution is -2.55. The number of hydrogen-bond donors (Lipinski definition) is 0. The number of imide groups is 1. The minimum absolute atomic E-state index is 0.00546. The highest BCUT2D eigenvalue weighted by atomic mass is 35.5. The molecule has 2 aromatic carbocycles. The normalized spacial score (nSPS) is 14.3. The SMILES string of the molecule is CC(C)(C)OC(=O)CN(c1ccc2c(C(=O)N3CCN(C(=O)OC(C)(C)C)C(=O)C3)cn(C(=O)OC(C)(C)C)c2c1)S(=O)(=O)c1cc(Cl)cc(Cl)c1. The summed E-state index contributed by atoms with van der Waals surface area (Å²) in [6.45, 7) is 13.5. The van der Waals surface area contributed by atoms with E-state index in [1.54, 1.807) is 62.3 Å². The molecule has 17 heteroatoms. The van der Waals surface area contributed by atoms with Crippen molar-refractivity contribution in [3.05, 3.63) is 58.2 Å². The first-order valence-electron chi connectivity index (χ1n) is 16.2. The van der Waals surface area contributed by atoms with Gasteiger partial charge in [-0.1, -0.05) is 23.2 Å². The molecular weight excluding hydrogens is 739 g/mol. The van der Waals surface area contributed by atoms with E-state index in [-0.39, 0.29) is 50.2 Å². The fourth-order valence-corrected chi connectivity index (χ4v) is 7.27. The van der Waals surface area contributed by atoms with E-state index in [1.807, 2.05) is 0 Å². The summed E-state index contributed by atoms with van der Waals surface area (Å²) in [6.07, 6.45) is -0.480. The Morgan fingerprint density at radius 2 is 1.35 bits per heavy atom. The van der Waals surface area contributed by atoms with Crippen molar-refractivity contribution >= 4 is 79.8 Å². The molecule has 0 radical (unpaired) electrons. The number of piperazine rings is 1. The lowest BCUT2D eigenvalue weighted by molar-refractivity contribution is -0.152. The maximum Gasteiger partial charge on any atom is 0.419 e. The van der Waals surface area contributed by atoms with Gasteiger partial charge in [0.05, 0.1) is 21.7 Å². The van der Waals surface area contributed by atoms with Crippen LogP contribution in [0.4, 0.5) is 15.3 Å². The molecule has 4 rings (SSSR count). The molecule has 1 aliphatic rings. The average molecular weight is 782 g/mol. The van der Waals surface area contributed by atoms with Crippen LogP contribution in [0.2, 0.25) is 10.0 Å². The number of carbonyl (C=O) groups excluding carboxylic acids is 5. The van der Waals surface area contributed by atoms with Crippen molar-refractivity contribution in [3.63, 3.8) is 0 Å². The van der Waals surface area contributed by atoms with E-state index >= 15 is 0 Å². The summed E-state index contributed by atoms with van der Waals surface area (Å²) in [6, 6.07) is 7.79. The topological polar surface area (TPSA) is 162 Å². The fraction of sp³-hybridized carbons (Fsp3) is 0.457. The van der Waals surface area contributed by atoms with Gasteiger partial charge in [-0.05, 0) is 98.7 Å². The van der Waals surface area contributed by atoms with Crippen molar-refractivity contribution in [1.29, 1.82) is 0 Å². The molecule has 0 aliphatic carbocycles. The predicted octanol–water partition coefficient (Wildman–Crippen LogP) is 6.49. The monoisotopic (exact) mass is 780 g/mol. The second-order valence-corrected chi connectivity index (χ2v) is 17.8. The fourth-order valence-electron chi connectivity index (χ4n) is 5.14. The van der Waals surface area contributed by atoms with Crippen LogP contribution in [-0.2, 0) is 33.8 Å². The van der Waals surface area contributed by atoms with Gasteiger partial charge >= 0.3 is 18.2 Å². The zero-order chi connectivity index (χ0) is 39.1. The van der Waals surface area contributed by atoms with Gasteiger partial charge in [0.25, 0.3) is 21.8 Å². The molecule has 52 heavy (non-hydrogen) atoms. The molecular formula is C35H42Cl2N4O10S. The Kier molecular flexibility index (Phi) is 11.3. The van der Waals surface area contributed by atoms with Crippen molar-refractivity contribution in [2.75, 3.05) is 30.5 Å². The van der Waals surface area contributed by atoms with Crippen LogP contribution in [0, 0.1) is 0 Å². The number of nitrogens with zero attached hydrogens (tertiary/aromatic N) is 4. The standard InChI is InChI=1S/C35H42Cl2N4O10S/c1-33(2,3)49-29(43)20-41(52(47,48)24-15-21(36)14-22(37)16-24)23-10-11-25-26(18-40(27(25)17-23)32(46)51-35(7,8)9)30(44)38-12-13-39(28(42)19-38)31(45)50-34(4,5)6/h10-11,14-18H,12-13,19-20H2,1-9H3. The van der Waals surface area contributed by atoms with E-state index in [2.05, 4.69) is 0 Å². The van der Waals surface area contributed by atoms with Crippen LogP contribution in [0.15, 0.2) is 47.5 Å². The molecule has 3 aromatic rings. The van der Waals surface area contributed by atoms with Crippen LogP contribution >= 0.6 is 23.2 Å². The molecule has 1 fully saturated rings. The van der Waals surface area contributed by atoms with E-state index < -0.39 is 69.9 Å². The third kappa shape index (κ3) is 9.75. The first-order valence-corrected chi connectivity index (χ1v) is 18.4. The number of benzene rings is 2. The number of sulfonamides is 1. The minimum Gasteiger partial charge on any atom is -0.459 e. The van der Waals surface area contributed by atoms with E-state index in [0.29, 0.717) is 0 Å². The number of anilines is 1. The maximum atomic E-state index is 14.2. The molecule has 2 heterocycles. The summed E-state index contributed by atoms with van der Waals surface area (Å²) < 4.78 is 46.5. The Hall–Kier alpha value is -4.34. The smallest absolute Gasteiger partial charge is 0.419 e. The van der Waals surface area contributed by atoms with Gasteiger partial charge in [-0.15, -0.1) is 0 Å². The predicted molar refractivity (Wildman–Crippen MR) is 194 cm³/mol. The van der Waals surface area contributed by atoms with Crippen molar-refractivity contribution in [1.82, 2.24) is 14.4 Å². The second-order valence-electron chi connectivity index (χ2n) is 15.1. The van der Waals surface area contributed by atoms with Crippen LogP contribution in [0.3, 0.4) is 0 Å². The summed E-state index contributed by atoms with van der Waals surface area (Å²) >= 11 is 12.3. The van der Waals surface area contributed by atoms with Gasteiger partial charge in [0.15, 0.2) is 0 Å². The summed E-state index contributed by atoms with van der Waals surface area (Å²) in [4.78, 5) is 68.0. The molecule has 0 atom stereocenters. The Labute approximate surface area is 312 Å². The number of rotatable bonds is 6. The minimum atomic E-state index is -4.55. The first kappa shape index (κ1) is 40.4. The lowest BCUT2D eigenvalue weighted by Gasteiger charge is -2.34. The molecule has 0 unspecified atom stereocenters. The number of esters is 1. The van der Waals surface area contributed by atoms with Gasteiger partial charge in [-0.2, -0.15) is 0 Å². The van der Waals surface area contributed by atoms with Crippen LogP contribution in [0.25, 0.3) is 10.9 Å². The Bertz CT molecular complexity index is 2020. The number of hydrogen-bond acceptors (Lipinski definition) is 10. The van der Waals surface area contributed by atoms with E-state index in [4.69, 9.17) is 37.4 Å².